The molecule has 2 amide bonds. The molecule has 2 fully saturated rings. The lowest BCUT2D eigenvalue weighted by molar-refractivity contribution is 0.0671. The Morgan fingerprint density at radius 3 is 1.91 bits per heavy atom. The largest absolute Gasteiger partial charge is 0.497 e. The molecule has 0 bridgehead atoms. The van der Waals surface area contributed by atoms with Crippen LogP contribution in [-0.2, 0) is 17.8 Å². The quantitative estimate of drug-likeness (QED) is 0.316. The highest BCUT2D eigenvalue weighted by Crippen LogP contribution is 2.46. The zero-order valence-electron chi connectivity index (χ0n) is 26.5. The summed E-state index contributed by atoms with van der Waals surface area (Å²) in [6, 6.07) is 9.70. The van der Waals surface area contributed by atoms with Gasteiger partial charge in [0.15, 0.2) is 11.5 Å². The molecule has 2 aromatic carbocycles. The van der Waals surface area contributed by atoms with E-state index in [-0.39, 0.29) is 6.03 Å². The van der Waals surface area contributed by atoms with Crippen LogP contribution in [-0.4, -0.2) is 95.2 Å². The van der Waals surface area contributed by atoms with Crippen LogP contribution in [0.1, 0.15) is 30.9 Å². The molecule has 2 aliphatic rings. The van der Waals surface area contributed by atoms with Gasteiger partial charge in [-0.25, -0.2) is 4.79 Å². The topological polar surface area (TPSA) is 82.2 Å². The molecule has 0 radical (unpaired) electrons. The minimum atomic E-state index is -0.488. The number of rotatable bonds is 13. The lowest BCUT2D eigenvalue weighted by Gasteiger charge is -2.44. The maximum atomic E-state index is 14.2. The molecule has 10 nitrogen and oxygen atoms in total. The smallest absolute Gasteiger partial charge is 0.325 e. The Morgan fingerprint density at radius 1 is 0.837 bits per heavy atom. The number of urea groups is 1. The molecule has 2 aliphatic heterocycles. The summed E-state index contributed by atoms with van der Waals surface area (Å²) < 4.78 is 33.1. The molecule has 0 N–H and O–H groups in total. The SMILES string of the molecule is C=C(C)/C=C1\N(Cc2cc(OC)c(OC)c(OC)c2)C(=O)N(CCOC)C12CCN(Cc1cc(OC)cc(OC)c1)CC2. The molecule has 2 heterocycles. The van der Waals surface area contributed by atoms with Gasteiger partial charge in [0, 0.05) is 45.1 Å². The molecule has 2 aromatic rings. The summed E-state index contributed by atoms with van der Waals surface area (Å²) in [4.78, 5) is 20.5. The van der Waals surface area contributed by atoms with E-state index in [0.29, 0.717) is 36.9 Å². The second-order valence-electron chi connectivity index (χ2n) is 11.0. The Bertz CT molecular complexity index is 1290. The molecule has 2 saturated heterocycles. The zero-order chi connectivity index (χ0) is 31.1. The summed E-state index contributed by atoms with van der Waals surface area (Å²) in [5, 5.41) is 0. The number of carbonyl (C=O) groups excluding carboxylic acids is 1. The van der Waals surface area contributed by atoms with Crippen LogP contribution < -0.4 is 23.7 Å². The number of benzene rings is 2. The fourth-order valence-electron chi connectivity index (χ4n) is 6.14. The van der Waals surface area contributed by atoms with E-state index in [9.17, 15) is 4.79 Å². The van der Waals surface area contributed by atoms with Gasteiger partial charge in [0.25, 0.3) is 0 Å². The maximum absolute atomic E-state index is 14.2. The van der Waals surface area contributed by atoms with Crippen LogP contribution in [0.2, 0.25) is 0 Å². The first-order valence-corrected chi connectivity index (χ1v) is 14.4. The van der Waals surface area contributed by atoms with Crippen LogP contribution in [0.3, 0.4) is 0 Å². The Kier molecular flexibility index (Phi) is 10.5. The van der Waals surface area contributed by atoms with E-state index < -0.39 is 5.54 Å². The Labute approximate surface area is 255 Å². The molecule has 0 unspecified atom stereocenters. The fourth-order valence-corrected chi connectivity index (χ4v) is 6.14. The van der Waals surface area contributed by atoms with Gasteiger partial charge in [-0.2, -0.15) is 0 Å². The molecule has 1 spiro atoms. The van der Waals surface area contributed by atoms with Gasteiger partial charge in [0.1, 0.15) is 11.5 Å². The van der Waals surface area contributed by atoms with Crippen molar-refractivity contribution in [3.63, 3.8) is 0 Å². The Morgan fingerprint density at radius 2 is 1.42 bits per heavy atom. The fraction of sp³-hybridized carbons (Fsp3) is 0.485. The number of amides is 2. The molecule has 234 valence electrons. The molecule has 0 saturated carbocycles. The molecule has 0 atom stereocenters. The van der Waals surface area contributed by atoms with Gasteiger partial charge < -0.3 is 33.3 Å². The van der Waals surface area contributed by atoms with Gasteiger partial charge in [-0.15, -0.1) is 0 Å². The van der Waals surface area contributed by atoms with Crippen LogP contribution in [0, 0.1) is 0 Å². The maximum Gasteiger partial charge on any atom is 0.325 e. The highest BCUT2D eigenvalue weighted by atomic mass is 16.5. The summed E-state index contributed by atoms with van der Waals surface area (Å²) >= 11 is 0. The first kappa shape index (κ1) is 32.0. The predicted octanol–water partition coefficient (Wildman–Crippen LogP) is 5.11. The Hall–Kier alpha value is -3.89. The lowest BCUT2D eigenvalue weighted by atomic mass is 9.82. The van der Waals surface area contributed by atoms with Crippen LogP contribution in [0.25, 0.3) is 0 Å². The van der Waals surface area contributed by atoms with Crippen molar-refractivity contribution in [1.82, 2.24) is 14.7 Å². The highest BCUT2D eigenvalue weighted by Gasteiger charge is 2.54. The third-order valence-corrected chi connectivity index (χ3v) is 8.21. The van der Waals surface area contributed by atoms with E-state index in [2.05, 4.69) is 17.6 Å². The zero-order valence-corrected chi connectivity index (χ0v) is 26.5. The monoisotopic (exact) mass is 595 g/mol. The van der Waals surface area contributed by atoms with Crippen LogP contribution in [0.15, 0.2) is 54.3 Å². The number of piperidine rings is 1. The molecule has 0 aromatic heterocycles. The number of methoxy groups -OCH3 is 6. The van der Waals surface area contributed by atoms with Crippen molar-refractivity contribution in [2.75, 3.05) is 68.9 Å². The number of allylic oxidation sites excluding steroid dienone is 2. The van der Waals surface area contributed by atoms with E-state index in [1.807, 2.05) is 47.1 Å². The molecule has 43 heavy (non-hydrogen) atoms. The van der Waals surface area contributed by atoms with Gasteiger partial charge in [-0.05, 0) is 61.2 Å². The lowest BCUT2D eigenvalue weighted by Crippen LogP contribution is -2.54. The standard InChI is InChI=1S/C33H45N3O7/c1-23(2)15-30-33(9-11-34(12-10-33)21-24-16-26(39-4)20-27(17-24)40-5)36(13-14-38-3)32(37)35(30)22-25-18-28(41-6)31(43-8)29(19-25)42-7/h15-20H,1,9-14,21-22H2,2-8H3/b30-15-. The highest BCUT2D eigenvalue weighted by molar-refractivity contribution is 5.83. The first-order chi connectivity index (χ1) is 20.7. The Balaban J connectivity index is 1.66. The molecule has 4 rings (SSSR count). The van der Waals surface area contributed by atoms with Crippen LogP contribution in [0.5, 0.6) is 28.7 Å². The normalized spacial score (nSPS) is 17.5. The van der Waals surface area contributed by atoms with Crippen molar-refractivity contribution >= 4 is 6.03 Å². The summed E-state index contributed by atoms with van der Waals surface area (Å²) in [7, 11) is 9.74. The van der Waals surface area contributed by atoms with E-state index >= 15 is 0 Å². The van der Waals surface area contributed by atoms with Gasteiger partial charge in [-0.3, -0.25) is 9.80 Å². The third kappa shape index (κ3) is 6.70. The van der Waals surface area contributed by atoms with Crippen molar-refractivity contribution in [3.05, 3.63) is 65.4 Å². The van der Waals surface area contributed by atoms with Crippen molar-refractivity contribution in [2.24, 2.45) is 0 Å². The molecular weight excluding hydrogens is 550 g/mol. The summed E-state index contributed by atoms with van der Waals surface area (Å²) in [6.45, 7) is 9.79. The number of hydrogen-bond acceptors (Lipinski definition) is 8. The number of ether oxygens (including phenoxy) is 6. The second-order valence-corrected chi connectivity index (χ2v) is 11.0. The van der Waals surface area contributed by atoms with Crippen LogP contribution in [0.4, 0.5) is 4.79 Å². The predicted molar refractivity (Wildman–Crippen MR) is 165 cm³/mol. The minimum Gasteiger partial charge on any atom is -0.497 e. The van der Waals surface area contributed by atoms with Gasteiger partial charge >= 0.3 is 6.03 Å². The summed E-state index contributed by atoms with van der Waals surface area (Å²) in [5.41, 5.74) is 3.34. The van der Waals surface area contributed by atoms with Crippen molar-refractivity contribution in [2.45, 2.75) is 38.4 Å². The number of hydrogen-bond donors (Lipinski definition) is 0. The third-order valence-electron chi connectivity index (χ3n) is 8.21. The van der Waals surface area contributed by atoms with Crippen molar-refractivity contribution in [1.29, 1.82) is 0 Å². The second kappa shape index (κ2) is 14.1. The summed E-state index contributed by atoms with van der Waals surface area (Å²) in [5.74, 6) is 3.14. The van der Waals surface area contributed by atoms with Crippen molar-refractivity contribution < 1.29 is 33.2 Å². The molecular formula is C33H45N3O7. The average Bonchev–Trinajstić information content (AvgIpc) is 3.21. The molecule has 0 aliphatic carbocycles. The average molecular weight is 596 g/mol. The molecule has 10 heteroatoms. The number of likely N-dealkylation sites (tertiary alicyclic amines) is 1. The van der Waals surface area contributed by atoms with Gasteiger partial charge in [0.2, 0.25) is 5.75 Å². The minimum absolute atomic E-state index is 0.0516. The van der Waals surface area contributed by atoms with E-state index in [0.717, 1.165) is 66.4 Å². The number of carbonyl (C=O) groups is 1. The van der Waals surface area contributed by atoms with Gasteiger partial charge in [-0.1, -0.05) is 12.2 Å². The van der Waals surface area contributed by atoms with Crippen LogP contribution >= 0.6 is 0 Å². The summed E-state index contributed by atoms with van der Waals surface area (Å²) in [6.07, 6.45) is 3.61. The van der Waals surface area contributed by atoms with Crippen molar-refractivity contribution in [3.8, 4) is 28.7 Å². The number of nitrogens with zero attached hydrogens (tertiary/aromatic N) is 3. The van der Waals surface area contributed by atoms with E-state index in [4.69, 9.17) is 28.4 Å². The van der Waals surface area contributed by atoms with Gasteiger partial charge in [0.05, 0.1) is 54.2 Å². The first-order valence-electron chi connectivity index (χ1n) is 14.4. The van der Waals surface area contributed by atoms with E-state index in [1.54, 1.807) is 42.7 Å². The van der Waals surface area contributed by atoms with E-state index in [1.165, 1.54) is 0 Å².